The van der Waals surface area contributed by atoms with E-state index in [0.717, 1.165) is 10.6 Å². The minimum absolute atomic E-state index is 0.139. The first-order valence-corrected chi connectivity index (χ1v) is 8.68. The van der Waals surface area contributed by atoms with Crippen LogP contribution in [0.3, 0.4) is 0 Å². The van der Waals surface area contributed by atoms with Gasteiger partial charge in [0.2, 0.25) is 0 Å². The highest BCUT2D eigenvalue weighted by Crippen LogP contribution is 2.31. The molecular formula is C18H15NO5S. The molecule has 0 aliphatic carbocycles. The Morgan fingerprint density at radius 2 is 2.08 bits per heavy atom. The molecule has 6 nitrogen and oxygen atoms in total. The largest absolute Gasteiger partial charge is 0.486 e. The lowest BCUT2D eigenvalue weighted by atomic mass is 10.1. The zero-order valence-electron chi connectivity index (χ0n) is 13.3. The van der Waals surface area contributed by atoms with Crippen LogP contribution in [-0.4, -0.2) is 24.2 Å². The van der Waals surface area contributed by atoms with Gasteiger partial charge in [0.1, 0.15) is 19.8 Å². The predicted octanol–water partition coefficient (Wildman–Crippen LogP) is 3.46. The monoisotopic (exact) mass is 357 g/mol. The van der Waals surface area contributed by atoms with Crippen molar-refractivity contribution in [3.63, 3.8) is 0 Å². The van der Waals surface area contributed by atoms with Gasteiger partial charge in [-0.3, -0.25) is 4.79 Å². The van der Waals surface area contributed by atoms with E-state index < -0.39 is 0 Å². The molecule has 0 N–H and O–H groups in total. The standard InChI is InChI=1S/C18H15NO5S/c20-17(9-12-3-4-14-16(8-12)23-7-6-22-14)24-10-13-11-25-18(19-13)15-2-1-5-21-15/h1-5,8,11H,6-7,9-10H2. The summed E-state index contributed by atoms with van der Waals surface area (Å²) in [7, 11) is 0. The number of esters is 1. The minimum Gasteiger partial charge on any atom is -0.486 e. The number of carbonyl (C=O) groups is 1. The van der Waals surface area contributed by atoms with Crippen LogP contribution in [0.1, 0.15) is 11.3 Å². The first-order chi connectivity index (χ1) is 12.3. The second kappa shape index (κ2) is 6.98. The van der Waals surface area contributed by atoms with Gasteiger partial charge in [-0.1, -0.05) is 6.07 Å². The summed E-state index contributed by atoms with van der Waals surface area (Å²) in [6.07, 6.45) is 1.77. The van der Waals surface area contributed by atoms with E-state index >= 15 is 0 Å². The SMILES string of the molecule is O=C(Cc1ccc2c(c1)OCCO2)OCc1csc(-c2ccco2)n1. The van der Waals surface area contributed by atoms with Gasteiger partial charge in [-0.15, -0.1) is 11.3 Å². The molecule has 0 saturated heterocycles. The number of fused-ring (bicyclic) bond motifs is 1. The van der Waals surface area contributed by atoms with E-state index in [1.165, 1.54) is 11.3 Å². The second-order valence-corrected chi connectivity index (χ2v) is 6.29. The summed E-state index contributed by atoms with van der Waals surface area (Å²) in [6.45, 7) is 1.20. The van der Waals surface area contributed by atoms with Crippen molar-refractivity contribution in [2.75, 3.05) is 13.2 Å². The van der Waals surface area contributed by atoms with Crippen molar-refractivity contribution in [3.8, 4) is 22.3 Å². The van der Waals surface area contributed by atoms with Crippen LogP contribution < -0.4 is 9.47 Å². The molecule has 1 aliphatic rings. The van der Waals surface area contributed by atoms with Crippen molar-refractivity contribution in [1.29, 1.82) is 0 Å². The van der Waals surface area contributed by atoms with Crippen molar-refractivity contribution in [1.82, 2.24) is 4.98 Å². The zero-order chi connectivity index (χ0) is 17.1. The highest BCUT2D eigenvalue weighted by Gasteiger charge is 2.14. The maximum atomic E-state index is 12.1. The Kier molecular flexibility index (Phi) is 4.39. The molecule has 0 atom stereocenters. The van der Waals surface area contributed by atoms with Crippen LogP contribution in [0.5, 0.6) is 11.5 Å². The summed E-state index contributed by atoms with van der Waals surface area (Å²) >= 11 is 1.45. The summed E-state index contributed by atoms with van der Waals surface area (Å²) < 4.78 is 21.6. The molecule has 0 saturated carbocycles. The number of nitrogens with zero attached hydrogens (tertiary/aromatic N) is 1. The lowest BCUT2D eigenvalue weighted by molar-refractivity contribution is -0.144. The van der Waals surface area contributed by atoms with E-state index in [2.05, 4.69) is 4.98 Å². The predicted molar refractivity (Wildman–Crippen MR) is 90.7 cm³/mol. The van der Waals surface area contributed by atoms with Crippen molar-refractivity contribution in [2.45, 2.75) is 13.0 Å². The molecule has 3 heterocycles. The highest BCUT2D eigenvalue weighted by atomic mass is 32.1. The fourth-order valence-corrected chi connectivity index (χ4v) is 3.23. The maximum absolute atomic E-state index is 12.1. The number of hydrogen-bond donors (Lipinski definition) is 0. The lowest BCUT2D eigenvalue weighted by Gasteiger charge is -2.18. The van der Waals surface area contributed by atoms with Crippen LogP contribution in [-0.2, 0) is 22.6 Å². The van der Waals surface area contributed by atoms with E-state index in [9.17, 15) is 4.79 Å². The molecule has 1 aliphatic heterocycles. The third kappa shape index (κ3) is 3.66. The Labute approximate surface area is 148 Å². The molecule has 0 radical (unpaired) electrons. The summed E-state index contributed by atoms with van der Waals surface area (Å²) in [5.74, 6) is 1.76. The Morgan fingerprint density at radius 1 is 1.20 bits per heavy atom. The average molecular weight is 357 g/mol. The molecule has 0 amide bonds. The van der Waals surface area contributed by atoms with Crippen LogP contribution in [0.25, 0.3) is 10.8 Å². The van der Waals surface area contributed by atoms with Crippen LogP contribution in [0.15, 0.2) is 46.4 Å². The number of thiazole rings is 1. The number of furan rings is 1. The average Bonchev–Trinajstić information content (AvgIpc) is 3.31. The molecule has 0 spiro atoms. The molecule has 1 aromatic carbocycles. The van der Waals surface area contributed by atoms with Gasteiger partial charge in [-0.05, 0) is 29.8 Å². The Hall–Kier alpha value is -2.80. The van der Waals surface area contributed by atoms with Crippen LogP contribution in [0.2, 0.25) is 0 Å². The summed E-state index contributed by atoms with van der Waals surface area (Å²) in [5, 5.41) is 2.62. The normalized spacial score (nSPS) is 12.8. The first-order valence-electron chi connectivity index (χ1n) is 7.80. The van der Waals surface area contributed by atoms with E-state index in [1.807, 2.05) is 35.7 Å². The van der Waals surface area contributed by atoms with Gasteiger partial charge in [-0.25, -0.2) is 4.98 Å². The summed E-state index contributed by atoms with van der Waals surface area (Å²) in [4.78, 5) is 16.5. The molecule has 3 aromatic rings. The van der Waals surface area contributed by atoms with Crippen LogP contribution in [0, 0.1) is 0 Å². The topological polar surface area (TPSA) is 70.8 Å². The van der Waals surface area contributed by atoms with Crippen LogP contribution in [0.4, 0.5) is 0 Å². The molecule has 4 rings (SSSR count). The molecule has 7 heteroatoms. The minimum atomic E-state index is -0.316. The summed E-state index contributed by atoms with van der Waals surface area (Å²) in [5.41, 5.74) is 1.52. The first kappa shape index (κ1) is 15.7. The number of hydrogen-bond acceptors (Lipinski definition) is 7. The number of rotatable bonds is 5. The molecule has 0 unspecified atom stereocenters. The van der Waals surface area contributed by atoms with Crippen molar-refractivity contribution in [2.24, 2.45) is 0 Å². The van der Waals surface area contributed by atoms with E-state index in [-0.39, 0.29) is 19.0 Å². The molecule has 0 bridgehead atoms. The van der Waals surface area contributed by atoms with E-state index in [0.29, 0.717) is 36.2 Å². The van der Waals surface area contributed by atoms with Crippen molar-refractivity contribution in [3.05, 3.63) is 53.2 Å². The van der Waals surface area contributed by atoms with Gasteiger partial charge in [0, 0.05) is 5.38 Å². The fourth-order valence-electron chi connectivity index (χ4n) is 2.46. The Bertz CT molecular complexity index is 871. The van der Waals surface area contributed by atoms with Crippen LogP contribution >= 0.6 is 11.3 Å². The number of carbonyl (C=O) groups excluding carboxylic acids is 1. The zero-order valence-corrected chi connectivity index (χ0v) is 14.1. The maximum Gasteiger partial charge on any atom is 0.310 e. The van der Waals surface area contributed by atoms with Crippen molar-refractivity contribution >= 4 is 17.3 Å². The highest BCUT2D eigenvalue weighted by molar-refractivity contribution is 7.13. The summed E-state index contributed by atoms with van der Waals surface area (Å²) in [6, 6.07) is 9.12. The quantitative estimate of drug-likeness (QED) is 0.651. The van der Waals surface area contributed by atoms with Gasteiger partial charge in [0.25, 0.3) is 0 Å². The number of aromatic nitrogens is 1. The van der Waals surface area contributed by atoms with Gasteiger partial charge >= 0.3 is 5.97 Å². The molecular weight excluding hydrogens is 342 g/mol. The molecule has 0 fully saturated rings. The fraction of sp³-hybridized carbons (Fsp3) is 0.222. The van der Waals surface area contributed by atoms with E-state index in [1.54, 1.807) is 6.26 Å². The van der Waals surface area contributed by atoms with Crippen molar-refractivity contribution < 1.29 is 23.4 Å². The second-order valence-electron chi connectivity index (χ2n) is 5.44. The Balaban J connectivity index is 1.33. The van der Waals surface area contributed by atoms with Gasteiger partial charge < -0.3 is 18.6 Å². The smallest absolute Gasteiger partial charge is 0.310 e. The van der Waals surface area contributed by atoms with Gasteiger partial charge in [0.05, 0.1) is 18.4 Å². The molecule has 25 heavy (non-hydrogen) atoms. The molecule has 2 aromatic heterocycles. The number of ether oxygens (including phenoxy) is 3. The Morgan fingerprint density at radius 3 is 2.92 bits per heavy atom. The third-order valence-electron chi connectivity index (χ3n) is 3.62. The lowest BCUT2D eigenvalue weighted by Crippen LogP contribution is -2.16. The number of benzene rings is 1. The van der Waals surface area contributed by atoms with Gasteiger partial charge in [0.15, 0.2) is 22.3 Å². The van der Waals surface area contributed by atoms with Gasteiger partial charge in [-0.2, -0.15) is 0 Å². The van der Waals surface area contributed by atoms with E-state index in [4.69, 9.17) is 18.6 Å². The third-order valence-corrected chi connectivity index (χ3v) is 4.53. The molecule has 128 valence electrons.